The van der Waals surface area contributed by atoms with E-state index in [1.54, 1.807) is 0 Å². The molecule has 0 saturated carbocycles. The topological polar surface area (TPSA) is 144 Å². The number of benzene rings is 2. The number of hydrogen-bond acceptors (Lipinski definition) is 7. The van der Waals surface area contributed by atoms with Crippen molar-refractivity contribution in [2.75, 3.05) is 20.4 Å². The van der Waals surface area contributed by atoms with Gasteiger partial charge >= 0.3 is 0 Å². The van der Waals surface area contributed by atoms with Crippen LogP contribution >= 0.6 is 0 Å². The summed E-state index contributed by atoms with van der Waals surface area (Å²) in [5.41, 5.74) is -0.104. The number of nitrogens with one attached hydrogen (secondary N) is 1. The summed E-state index contributed by atoms with van der Waals surface area (Å²) in [5, 5.41) is 13.5. The molecule has 0 radical (unpaired) electrons. The maximum atomic E-state index is 12.4. The van der Waals surface area contributed by atoms with E-state index in [1.807, 2.05) is 0 Å². The Balaban J connectivity index is 2.21. The highest BCUT2D eigenvalue weighted by atomic mass is 32.2. The molecule has 0 fully saturated rings. The fourth-order valence-corrected chi connectivity index (χ4v) is 3.89. The number of carbonyl (C=O) groups is 1. The first-order valence-corrected chi connectivity index (χ1v) is 11.4. The maximum absolute atomic E-state index is 12.4. The van der Waals surface area contributed by atoms with E-state index in [9.17, 15) is 31.7 Å². The van der Waals surface area contributed by atoms with Gasteiger partial charge in [0.05, 0.1) is 14.7 Å². The van der Waals surface area contributed by atoms with Gasteiger partial charge in [0.25, 0.3) is 11.6 Å². The molecule has 0 unspecified atom stereocenters. The fourth-order valence-electron chi connectivity index (χ4n) is 2.31. The summed E-state index contributed by atoms with van der Waals surface area (Å²) in [6.07, 6.45) is 0.886. The third-order valence-electron chi connectivity index (χ3n) is 3.95. The van der Waals surface area contributed by atoms with E-state index in [4.69, 9.17) is 0 Å². The van der Waals surface area contributed by atoms with E-state index >= 15 is 0 Å². The highest BCUT2D eigenvalue weighted by Gasteiger charge is 2.19. The Bertz CT molecular complexity index is 1160. The van der Waals surface area contributed by atoms with E-state index in [-0.39, 0.29) is 21.9 Å². The minimum Gasteiger partial charge on any atom is -0.348 e. The second-order valence-electron chi connectivity index (χ2n) is 6.36. The van der Waals surface area contributed by atoms with Crippen LogP contribution in [-0.4, -0.2) is 52.3 Å². The molecule has 0 aliphatic carbocycles. The normalized spacial score (nSPS) is 12.0. The van der Waals surface area contributed by atoms with Crippen LogP contribution in [0.4, 0.5) is 5.69 Å². The summed E-state index contributed by atoms with van der Waals surface area (Å²) in [5.74, 6) is -0.705. The number of sulfonamides is 1. The van der Waals surface area contributed by atoms with Crippen molar-refractivity contribution >= 4 is 31.5 Å². The number of non-ortho nitro benzene ring substituents is 1. The molecular weight excluding hydrogens is 422 g/mol. The molecule has 0 aliphatic rings. The quantitative estimate of drug-likeness (QED) is 0.502. The molecule has 0 spiro atoms. The van der Waals surface area contributed by atoms with Crippen LogP contribution in [-0.2, 0) is 26.4 Å². The van der Waals surface area contributed by atoms with Crippen molar-refractivity contribution in [3.8, 4) is 0 Å². The highest BCUT2D eigenvalue weighted by molar-refractivity contribution is 7.90. The Kier molecular flexibility index (Phi) is 6.40. The van der Waals surface area contributed by atoms with Crippen LogP contribution in [0.25, 0.3) is 0 Å². The van der Waals surface area contributed by atoms with Gasteiger partial charge in [-0.15, -0.1) is 0 Å². The van der Waals surface area contributed by atoms with Gasteiger partial charge in [-0.3, -0.25) is 14.9 Å². The molecule has 0 aliphatic heterocycles. The van der Waals surface area contributed by atoms with E-state index in [2.05, 4.69) is 5.32 Å². The standard InChI is InChI=1S/C17H19N3O7S2/c1-19(2)29(26,27)15-6-4-12(5-7-15)11-18-17(21)13-8-14(20(22)23)10-16(9-13)28(3,24)25/h4-10H,11H2,1-3H3,(H,18,21). The van der Waals surface area contributed by atoms with Gasteiger partial charge in [-0.2, -0.15) is 0 Å². The zero-order valence-corrected chi connectivity index (χ0v) is 17.5. The number of sulfone groups is 1. The SMILES string of the molecule is CN(C)S(=O)(=O)c1ccc(CNC(=O)c2cc([N+](=O)[O-])cc(S(C)(=O)=O)c2)cc1. The number of nitro benzene ring substituents is 1. The zero-order valence-electron chi connectivity index (χ0n) is 15.8. The van der Waals surface area contributed by atoms with E-state index in [1.165, 1.54) is 38.4 Å². The van der Waals surface area contributed by atoms with Crippen molar-refractivity contribution in [3.05, 3.63) is 63.7 Å². The molecule has 12 heteroatoms. The largest absolute Gasteiger partial charge is 0.348 e. The molecule has 0 saturated heterocycles. The van der Waals surface area contributed by atoms with Crippen LogP contribution in [0, 0.1) is 10.1 Å². The minimum atomic E-state index is -3.75. The van der Waals surface area contributed by atoms with Gasteiger partial charge < -0.3 is 5.32 Å². The Morgan fingerprint density at radius 3 is 2.10 bits per heavy atom. The van der Waals surface area contributed by atoms with E-state index in [0.717, 1.165) is 28.8 Å². The average Bonchev–Trinajstić information content (AvgIpc) is 2.65. The molecule has 0 heterocycles. The molecule has 0 bridgehead atoms. The Morgan fingerprint density at radius 1 is 1.03 bits per heavy atom. The summed E-state index contributed by atoms with van der Waals surface area (Å²) in [6.45, 7) is 0.0119. The summed E-state index contributed by atoms with van der Waals surface area (Å²) < 4.78 is 48.6. The van der Waals surface area contributed by atoms with Crippen LogP contribution in [0.1, 0.15) is 15.9 Å². The molecular formula is C17H19N3O7S2. The average molecular weight is 441 g/mol. The minimum absolute atomic E-state index is 0.0119. The van der Waals surface area contributed by atoms with Gasteiger partial charge in [0.15, 0.2) is 9.84 Å². The third kappa shape index (κ3) is 5.37. The lowest BCUT2D eigenvalue weighted by Gasteiger charge is -2.12. The lowest BCUT2D eigenvalue weighted by atomic mass is 10.1. The summed E-state index contributed by atoms with van der Waals surface area (Å²) in [6, 6.07) is 8.76. The van der Waals surface area contributed by atoms with Gasteiger partial charge in [0.2, 0.25) is 10.0 Å². The summed E-state index contributed by atoms with van der Waals surface area (Å²) in [7, 11) is -4.51. The number of carbonyl (C=O) groups excluding carboxylic acids is 1. The van der Waals surface area contributed by atoms with Crippen molar-refractivity contribution in [1.82, 2.24) is 9.62 Å². The van der Waals surface area contributed by atoms with Crippen LogP contribution < -0.4 is 5.32 Å². The third-order valence-corrected chi connectivity index (χ3v) is 6.87. The van der Waals surface area contributed by atoms with Crippen molar-refractivity contribution < 1.29 is 26.6 Å². The summed E-state index contributed by atoms with van der Waals surface area (Å²) >= 11 is 0. The molecule has 0 aromatic heterocycles. The predicted molar refractivity (Wildman–Crippen MR) is 105 cm³/mol. The number of nitrogens with zero attached hydrogens (tertiary/aromatic N) is 2. The molecule has 10 nitrogen and oxygen atoms in total. The Morgan fingerprint density at radius 2 is 1.62 bits per heavy atom. The van der Waals surface area contributed by atoms with Crippen LogP contribution in [0.2, 0.25) is 0 Å². The van der Waals surface area contributed by atoms with E-state index in [0.29, 0.717) is 5.56 Å². The number of nitro groups is 1. The lowest BCUT2D eigenvalue weighted by molar-refractivity contribution is -0.385. The van der Waals surface area contributed by atoms with Gasteiger partial charge in [0.1, 0.15) is 0 Å². The van der Waals surface area contributed by atoms with Gasteiger partial charge in [-0.05, 0) is 23.8 Å². The Hall–Kier alpha value is -2.83. The van der Waals surface area contributed by atoms with Crippen molar-refractivity contribution in [2.24, 2.45) is 0 Å². The monoisotopic (exact) mass is 441 g/mol. The molecule has 2 aromatic rings. The highest BCUT2D eigenvalue weighted by Crippen LogP contribution is 2.21. The van der Waals surface area contributed by atoms with Gasteiger partial charge in [-0.25, -0.2) is 21.1 Å². The van der Waals surface area contributed by atoms with Crippen LogP contribution in [0.5, 0.6) is 0 Å². The lowest BCUT2D eigenvalue weighted by Crippen LogP contribution is -2.24. The molecule has 29 heavy (non-hydrogen) atoms. The molecule has 2 rings (SSSR count). The second-order valence-corrected chi connectivity index (χ2v) is 10.5. The number of amides is 1. The van der Waals surface area contributed by atoms with Crippen molar-refractivity contribution in [1.29, 1.82) is 0 Å². The number of rotatable bonds is 7. The first kappa shape index (κ1) is 22.5. The molecule has 2 aromatic carbocycles. The summed E-state index contributed by atoms with van der Waals surface area (Å²) in [4.78, 5) is 22.3. The molecule has 156 valence electrons. The van der Waals surface area contributed by atoms with Gasteiger partial charge in [0, 0.05) is 44.6 Å². The van der Waals surface area contributed by atoms with Crippen LogP contribution in [0.3, 0.4) is 0 Å². The number of hydrogen-bond donors (Lipinski definition) is 1. The van der Waals surface area contributed by atoms with E-state index < -0.39 is 36.4 Å². The smallest absolute Gasteiger partial charge is 0.271 e. The van der Waals surface area contributed by atoms with Crippen LogP contribution in [0.15, 0.2) is 52.3 Å². The second kappa shape index (κ2) is 8.27. The first-order chi connectivity index (χ1) is 13.3. The van der Waals surface area contributed by atoms with Crippen molar-refractivity contribution in [2.45, 2.75) is 16.3 Å². The maximum Gasteiger partial charge on any atom is 0.271 e. The molecule has 1 amide bonds. The zero-order chi connectivity index (χ0) is 22.0. The van der Waals surface area contributed by atoms with Gasteiger partial charge in [-0.1, -0.05) is 12.1 Å². The Labute approximate surface area is 168 Å². The first-order valence-electron chi connectivity index (χ1n) is 8.11. The fraction of sp³-hybridized carbons (Fsp3) is 0.235. The molecule has 1 N–H and O–H groups in total. The predicted octanol–water partition coefficient (Wildman–Crippen LogP) is 1.18. The van der Waals surface area contributed by atoms with Crippen molar-refractivity contribution in [3.63, 3.8) is 0 Å². The molecule has 0 atom stereocenters.